The van der Waals surface area contributed by atoms with Gasteiger partial charge in [0.05, 0.1) is 0 Å². The largest absolute Gasteiger partial charge is 0.508 e. The molecule has 1 atom stereocenters. The predicted octanol–water partition coefficient (Wildman–Crippen LogP) is 3.37. The van der Waals surface area contributed by atoms with E-state index < -0.39 is 0 Å². The molecule has 1 N–H and O–H groups in total. The van der Waals surface area contributed by atoms with Gasteiger partial charge in [-0.1, -0.05) is 38.8 Å². The molecule has 1 rings (SSSR count). The number of rotatable bonds is 4. The Morgan fingerprint density at radius 1 is 1.23 bits per heavy atom. The van der Waals surface area contributed by atoms with E-state index in [1.807, 2.05) is 12.1 Å². The predicted molar refractivity (Wildman–Crippen MR) is 55.9 cm³/mol. The molecule has 1 aromatic rings. The summed E-state index contributed by atoms with van der Waals surface area (Å²) >= 11 is 0. The molecule has 0 saturated carbocycles. The molecule has 0 aromatic heterocycles. The van der Waals surface area contributed by atoms with Crippen LogP contribution in [0.1, 0.15) is 32.3 Å². The highest BCUT2D eigenvalue weighted by molar-refractivity contribution is 5.26. The maximum atomic E-state index is 9.09. The number of aromatic hydroxyl groups is 1. The second-order valence-corrected chi connectivity index (χ2v) is 3.76. The summed E-state index contributed by atoms with van der Waals surface area (Å²) in [4.78, 5) is 0. The lowest BCUT2D eigenvalue weighted by molar-refractivity contribution is 0.474. The minimum absolute atomic E-state index is 0.354. The van der Waals surface area contributed by atoms with Crippen LogP contribution in [0.3, 0.4) is 0 Å². The summed E-state index contributed by atoms with van der Waals surface area (Å²) in [6.07, 6.45) is 3.65. The van der Waals surface area contributed by atoms with Crippen molar-refractivity contribution in [3.63, 3.8) is 0 Å². The van der Waals surface area contributed by atoms with Crippen LogP contribution >= 0.6 is 0 Å². The van der Waals surface area contributed by atoms with Crippen LogP contribution in [-0.2, 0) is 6.42 Å². The zero-order chi connectivity index (χ0) is 9.68. The van der Waals surface area contributed by atoms with Crippen LogP contribution < -0.4 is 0 Å². The van der Waals surface area contributed by atoms with Crippen LogP contribution in [-0.4, -0.2) is 5.11 Å². The van der Waals surface area contributed by atoms with Gasteiger partial charge in [0.15, 0.2) is 0 Å². The number of phenols is 1. The Hall–Kier alpha value is -0.980. The Morgan fingerprint density at radius 2 is 1.85 bits per heavy atom. The number of benzene rings is 1. The van der Waals surface area contributed by atoms with Crippen LogP contribution in [0, 0.1) is 5.92 Å². The summed E-state index contributed by atoms with van der Waals surface area (Å²) in [7, 11) is 0. The van der Waals surface area contributed by atoms with E-state index in [9.17, 15) is 0 Å². The molecule has 0 aliphatic carbocycles. The van der Waals surface area contributed by atoms with Crippen molar-refractivity contribution in [2.45, 2.75) is 33.1 Å². The molecule has 13 heavy (non-hydrogen) atoms. The molecule has 0 fully saturated rings. The molecule has 0 bridgehead atoms. The minimum Gasteiger partial charge on any atom is -0.508 e. The lowest BCUT2D eigenvalue weighted by Gasteiger charge is -2.09. The van der Waals surface area contributed by atoms with E-state index in [0.29, 0.717) is 5.75 Å². The molecule has 1 aromatic carbocycles. The van der Waals surface area contributed by atoms with Crippen molar-refractivity contribution < 1.29 is 5.11 Å². The average molecular weight is 178 g/mol. The summed E-state index contributed by atoms with van der Waals surface area (Å²) in [5.41, 5.74) is 1.32. The van der Waals surface area contributed by atoms with Crippen molar-refractivity contribution in [2.24, 2.45) is 5.92 Å². The van der Waals surface area contributed by atoms with Crippen LogP contribution in [0.25, 0.3) is 0 Å². The van der Waals surface area contributed by atoms with Crippen LogP contribution in [0.2, 0.25) is 0 Å². The van der Waals surface area contributed by atoms with Crippen molar-refractivity contribution in [3.05, 3.63) is 29.8 Å². The van der Waals surface area contributed by atoms with E-state index in [1.165, 1.54) is 18.4 Å². The van der Waals surface area contributed by atoms with Gasteiger partial charge in [0.1, 0.15) is 5.75 Å². The molecule has 0 aliphatic heterocycles. The molecule has 0 saturated heterocycles. The van der Waals surface area contributed by atoms with Gasteiger partial charge in [0.2, 0.25) is 0 Å². The van der Waals surface area contributed by atoms with E-state index in [2.05, 4.69) is 13.8 Å². The van der Waals surface area contributed by atoms with Crippen LogP contribution in [0.5, 0.6) is 5.75 Å². The zero-order valence-corrected chi connectivity index (χ0v) is 8.46. The van der Waals surface area contributed by atoms with Gasteiger partial charge >= 0.3 is 0 Å². The van der Waals surface area contributed by atoms with Crippen LogP contribution in [0.4, 0.5) is 0 Å². The molecule has 72 valence electrons. The fourth-order valence-corrected chi connectivity index (χ4v) is 1.63. The SMILES string of the molecule is CCCC(C)Cc1ccc(O)cc1. The second kappa shape index (κ2) is 4.90. The molecule has 0 spiro atoms. The summed E-state index contributed by atoms with van der Waals surface area (Å²) in [6.45, 7) is 4.49. The third kappa shape index (κ3) is 3.49. The Labute approximate surface area is 80.4 Å². The van der Waals surface area contributed by atoms with Gasteiger partial charge in [-0.2, -0.15) is 0 Å². The molecular formula is C12H18O. The van der Waals surface area contributed by atoms with Gasteiger partial charge in [0.25, 0.3) is 0 Å². The highest BCUT2D eigenvalue weighted by Gasteiger charge is 2.01. The molecule has 1 nitrogen and oxygen atoms in total. The third-order valence-electron chi connectivity index (χ3n) is 2.30. The Balaban J connectivity index is 2.49. The molecule has 0 amide bonds. The Kier molecular flexibility index (Phi) is 3.81. The van der Waals surface area contributed by atoms with Crippen molar-refractivity contribution in [2.75, 3.05) is 0 Å². The first-order chi connectivity index (χ1) is 6.22. The summed E-state index contributed by atoms with van der Waals surface area (Å²) in [5.74, 6) is 1.10. The normalized spacial score (nSPS) is 12.8. The summed E-state index contributed by atoms with van der Waals surface area (Å²) in [5, 5.41) is 9.09. The third-order valence-corrected chi connectivity index (χ3v) is 2.30. The molecule has 0 radical (unpaired) electrons. The van der Waals surface area contributed by atoms with Crippen LogP contribution in [0.15, 0.2) is 24.3 Å². The first-order valence-corrected chi connectivity index (χ1v) is 5.00. The monoisotopic (exact) mass is 178 g/mol. The zero-order valence-electron chi connectivity index (χ0n) is 8.46. The quantitative estimate of drug-likeness (QED) is 0.749. The van der Waals surface area contributed by atoms with Crippen molar-refractivity contribution in [1.29, 1.82) is 0 Å². The molecular weight excluding hydrogens is 160 g/mol. The first-order valence-electron chi connectivity index (χ1n) is 5.00. The number of hydrogen-bond acceptors (Lipinski definition) is 1. The fraction of sp³-hybridized carbons (Fsp3) is 0.500. The van der Waals surface area contributed by atoms with Crippen molar-refractivity contribution in [3.8, 4) is 5.75 Å². The highest BCUT2D eigenvalue weighted by atomic mass is 16.3. The standard InChI is InChI=1S/C12H18O/c1-3-4-10(2)9-11-5-7-12(13)8-6-11/h5-8,10,13H,3-4,9H2,1-2H3. The van der Waals surface area contributed by atoms with E-state index in [-0.39, 0.29) is 0 Å². The first kappa shape index (κ1) is 10.1. The fourth-order valence-electron chi connectivity index (χ4n) is 1.63. The number of hydrogen-bond donors (Lipinski definition) is 1. The lowest BCUT2D eigenvalue weighted by atomic mass is 9.97. The van der Waals surface area contributed by atoms with E-state index in [0.717, 1.165) is 12.3 Å². The van der Waals surface area contributed by atoms with Gasteiger partial charge in [-0.3, -0.25) is 0 Å². The lowest BCUT2D eigenvalue weighted by Crippen LogP contribution is -1.98. The Morgan fingerprint density at radius 3 is 2.38 bits per heavy atom. The number of phenolic OH excluding ortho intramolecular Hbond substituents is 1. The molecule has 0 aliphatic rings. The minimum atomic E-state index is 0.354. The molecule has 0 heterocycles. The second-order valence-electron chi connectivity index (χ2n) is 3.76. The molecule has 1 unspecified atom stereocenters. The maximum absolute atomic E-state index is 9.09. The van der Waals surface area contributed by atoms with E-state index >= 15 is 0 Å². The summed E-state index contributed by atoms with van der Waals surface area (Å²) < 4.78 is 0. The van der Waals surface area contributed by atoms with Gasteiger partial charge in [-0.15, -0.1) is 0 Å². The van der Waals surface area contributed by atoms with Gasteiger partial charge in [-0.25, -0.2) is 0 Å². The highest BCUT2D eigenvalue weighted by Crippen LogP contribution is 2.16. The van der Waals surface area contributed by atoms with E-state index in [1.54, 1.807) is 12.1 Å². The Bertz CT molecular complexity index is 238. The molecule has 1 heteroatoms. The smallest absolute Gasteiger partial charge is 0.115 e. The summed E-state index contributed by atoms with van der Waals surface area (Å²) in [6, 6.07) is 7.52. The maximum Gasteiger partial charge on any atom is 0.115 e. The van der Waals surface area contributed by atoms with Crippen molar-refractivity contribution in [1.82, 2.24) is 0 Å². The van der Waals surface area contributed by atoms with Gasteiger partial charge < -0.3 is 5.11 Å². The van der Waals surface area contributed by atoms with E-state index in [4.69, 9.17) is 5.11 Å². The topological polar surface area (TPSA) is 20.2 Å². The van der Waals surface area contributed by atoms with Gasteiger partial charge in [-0.05, 0) is 30.0 Å². The average Bonchev–Trinajstić information content (AvgIpc) is 2.09. The van der Waals surface area contributed by atoms with Gasteiger partial charge in [0, 0.05) is 0 Å². The van der Waals surface area contributed by atoms with Crippen molar-refractivity contribution >= 4 is 0 Å².